The van der Waals surface area contributed by atoms with Crippen LogP contribution in [0, 0.1) is 5.92 Å². The van der Waals surface area contributed by atoms with Crippen molar-refractivity contribution in [1.82, 2.24) is 15.5 Å². The standard InChI is InChI=1S/C16H24N4O4/c1-10(2)13(14(17)21)19-16(23)18-11-5-7-20(8-6-11)15(22)12-4-3-9-24-12/h3-4,9-11,13H,5-8H2,1-2H3,(H2,17,21)(H2,18,19,23). The highest BCUT2D eigenvalue weighted by Gasteiger charge is 2.27. The lowest BCUT2D eigenvalue weighted by Gasteiger charge is -2.32. The molecule has 4 amide bonds. The van der Waals surface area contributed by atoms with Crippen molar-refractivity contribution in [2.75, 3.05) is 13.1 Å². The fourth-order valence-electron chi connectivity index (χ4n) is 2.72. The van der Waals surface area contributed by atoms with Crippen molar-refractivity contribution < 1.29 is 18.8 Å². The van der Waals surface area contributed by atoms with Gasteiger partial charge in [0.2, 0.25) is 5.91 Å². The van der Waals surface area contributed by atoms with Gasteiger partial charge in [-0.3, -0.25) is 9.59 Å². The summed E-state index contributed by atoms with van der Waals surface area (Å²) in [5.74, 6) is -0.461. The predicted molar refractivity (Wildman–Crippen MR) is 87.1 cm³/mol. The Hall–Kier alpha value is -2.51. The molecule has 4 N–H and O–H groups in total. The third kappa shape index (κ3) is 4.50. The van der Waals surface area contributed by atoms with E-state index in [0.717, 1.165) is 0 Å². The number of likely N-dealkylation sites (tertiary alicyclic amines) is 1. The molecule has 0 aliphatic carbocycles. The molecule has 2 heterocycles. The summed E-state index contributed by atoms with van der Waals surface area (Å²) < 4.78 is 5.11. The second-order valence-electron chi connectivity index (χ2n) is 6.29. The van der Waals surface area contributed by atoms with Gasteiger partial charge in [0, 0.05) is 19.1 Å². The predicted octanol–water partition coefficient (Wildman–Crippen LogP) is 0.693. The number of nitrogens with one attached hydrogen (secondary N) is 2. The third-order valence-corrected chi connectivity index (χ3v) is 4.11. The maximum absolute atomic E-state index is 12.2. The zero-order valence-corrected chi connectivity index (χ0v) is 14.0. The number of carbonyl (C=O) groups excluding carboxylic acids is 3. The summed E-state index contributed by atoms with van der Waals surface area (Å²) >= 11 is 0. The first-order chi connectivity index (χ1) is 11.4. The minimum atomic E-state index is -0.703. The lowest BCUT2D eigenvalue weighted by Crippen LogP contribution is -2.54. The van der Waals surface area contributed by atoms with Gasteiger partial charge in [-0.1, -0.05) is 13.8 Å². The molecule has 1 aliphatic heterocycles. The van der Waals surface area contributed by atoms with Gasteiger partial charge in [0.1, 0.15) is 6.04 Å². The van der Waals surface area contributed by atoms with Crippen molar-refractivity contribution in [2.24, 2.45) is 11.7 Å². The molecule has 8 nitrogen and oxygen atoms in total. The quantitative estimate of drug-likeness (QED) is 0.733. The number of piperidine rings is 1. The highest BCUT2D eigenvalue weighted by molar-refractivity contribution is 5.91. The minimum Gasteiger partial charge on any atom is -0.459 e. The average molecular weight is 336 g/mol. The number of primary amides is 1. The number of nitrogens with two attached hydrogens (primary N) is 1. The van der Waals surface area contributed by atoms with Gasteiger partial charge in [-0.05, 0) is 30.9 Å². The monoisotopic (exact) mass is 336 g/mol. The molecule has 1 unspecified atom stereocenters. The van der Waals surface area contributed by atoms with E-state index in [9.17, 15) is 14.4 Å². The SMILES string of the molecule is CC(C)C(NC(=O)NC1CCN(C(=O)c2ccco2)CC1)C(N)=O. The summed E-state index contributed by atoms with van der Waals surface area (Å²) in [7, 11) is 0. The summed E-state index contributed by atoms with van der Waals surface area (Å²) in [4.78, 5) is 37.2. The maximum atomic E-state index is 12.2. The Morgan fingerprint density at radius 1 is 1.29 bits per heavy atom. The molecule has 1 saturated heterocycles. The topological polar surface area (TPSA) is 118 Å². The van der Waals surface area contributed by atoms with Crippen LogP contribution in [0.4, 0.5) is 4.79 Å². The molecular formula is C16H24N4O4. The number of carbonyl (C=O) groups is 3. The van der Waals surface area contributed by atoms with Crippen LogP contribution in [0.1, 0.15) is 37.2 Å². The van der Waals surface area contributed by atoms with E-state index in [0.29, 0.717) is 31.7 Å². The van der Waals surface area contributed by atoms with Crippen LogP contribution in [0.3, 0.4) is 0 Å². The molecule has 1 aliphatic rings. The van der Waals surface area contributed by atoms with Gasteiger partial charge >= 0.3 is 6.03 Å². The van der Waals surface area contributed by atoms with Gasteiger partial charge in [0.15, 0.2) is 5.76 Å². The fourth-order valence-corrected chi connectivity index (χ4v) is 2.72. The summed E-state index contributed by atoms with van der Waals surface area (Å²) in [6, 6.07) is 2.14. The first kappa shape index (κ1) is 17.8. The Bertz CT molecular complexity index is 577. The van der Waals surface area contributed by atoms with Crippen molar-refractivity contribution in [2.45, 2.75) is 38.8 Å². The molecule has 1 aromatic rings. The Balaban J connectivity index is 1.79. The van der Waals surface area contributed by atoms with Crippen LogP contribution in [-0.2, 0) is 4.79 Å². The van der Waals surface area contributed by atoms with Crippen LogP contribution >= 0.6 is 0 Å². The fraction of sp³-hybridized carbons (Fsp3) is 0.562. The molecule has 1 aromatic heterocycles. The average Bonchev–Trinajstić information content (AvgIpc) is 3.06. The van der Waals surface area contributed by atoms with Crippen molar-refractivity contribution >= 4 is 17.8 Å². The summed E-state index contributed by atoms with van der Waals surface area (Å²) in [6.45, 7) is 4.70. The number of amides is 4. The molecule has 0 radical (unpaired) electrons. The van der Waals surface area contributed by atoms with E-state index in [2.05, 4.69) is 10.6 Å². The normalized spacial score (nSPS) is 16.7. The molecule has 132 valence electrons. The van der Waals surface area contributed by atoms with Crippen molar-refractivity contribution in [1.29, 1.82) is 0 Å². The molecule has 8 heteroatoms. The van der Waals surface area contributed by atoms with Crippen LogP contribution in [0.25, 0.3) is 0 Å². The number of urea groups is 1. The molecule has 2 rings (SSSR count). The van der Waals surface area contributed by atoms with Crippen LogP contribution in [0.5, 0.6) is 0 Å². The highest BCUT2D eigenvalue weighted by Crippen LogP contribution is 2.14. The smallest absolute Gasteiger partial charge is 0.315 e. The number of nitrogens with zero attached hydrogens (tertiary/aromatic N) is 1. The third-order valence-electron chi connectivity index (χ3n) is 4.11. The highest BCUT2D eigenvalue weighted by atomic mass is 16.3. The van der Waals surface area contributed by atoms with Gasteiger partial charge in [-0.15, -0.1) is 0 Å². The lowest BCUT2D eigenvalue weighted by atomic mass is 10.0. The molecular weight excluding hydrogens is 312 g/mol. The maximum Gasteiger partial charge on any atom is 0.315 e. The van der Waals surface area contributed by atoms with E-state index in [1.807, 2.05) is 13.8 Å². The van der Waals surface area contributed by atoms with Crippen LogP contribution < -0.4 is 16.4 Å². The zero-order chi connectivity index (χ0) is 17.7. The van der Waals surface area contributed by atoms with Crippen LogP contribution in [0.15, 0.2) is 22.8 Å². The van der Waals surface area contributed by atoms with E-state index in [4.69, 9.17) is 10.2 Å². The molecule has 1 atom stereocenters. The van der Waals surface area contributed by atoms with E-state index >= 15 is 0 Å². The van der Waals surface area contributed by atoms with Crippen molar-refractivity contribution in [3.05, 3.63) is 24.2 Å². The second kappa shape index (κ2) is 7.85. The van der Waals surface area contributed by atoms with E-state index in [1.165, 1.54) is 6.26 Å². The van der Waals surface area contributed by atoms with Gasteiger partial charge < -0.3 is 25.7 Å². The van der Waals surface area contributed by atoms with E-state index < -0.39 is 18.0 Å². The number of furan rings is 1. The Kier molecular flexibility index (Phi) is 5.83. The Labute approximate surface area is 140 Å². The first-order valence-corrected chi connectivity index (χ1v) is 8.07. The molecule has 0 bridgehead atoms. The Morgan fingerprint density at radius 3 is 2.46 bits per heavy atom. The van der Waals surface area contributed by atoms with E-state index in [-0.39, 0.29) is 17.9 Å². The lowest BCUT2D eigenvalue weighted by molar-refractivity contribution is -0.120. The molecule has 24 heavy (non-hydrogen) atoms. The van der Waals surface area contributed by atoms with Gasteiger partial charge in [0.25, 0.3) is 5.91 Å². The number of rotatable bonds is 5. The second-order valence-corrected chi connectivity index (χ2v) is 6.29. The molecule has 1 fully saturated rings. The molecule has 0 saturated carbocycles. The largest absolute Gasteiger partial charge is 0.459 e. The van der Waals surface area contributed by atoms with Crippen LogP contribution in [0.2, 0.25) is 0 Å². The van der Waals surface area contributed by atoms with Gasteiger partial charge in [0.05, 0.1) is 6.26 Å². The number of hydrogen-bond donors (Lipinski definition) is 3. The first-order valence-electron chi connectivity index (χ1n) is 8.07. The van der Waals surface area contributed by atoms with E-state index in [1.54, 1.807) is 17.0 Å². The Morgan fingerprint density at radius 2 is 1.96 bits per heavy atom. The summed E-state index contributed by atoms with van der Waals surface area (Å²) in [5, 5.41) is 5.43. The summed E-state index contributed by atoms with van der Waals surface area (Å²) in [6.07, 6.45) is 2.75. The summed E-state index contributed by atoms with van der Waals surface area (Å²) in [5.41, 5.74) is 5.28. The zero-order valence-electron chi connectivity index (χ0n) is 14.0. The molecule has 0 spiro atoms. The molecule has 0 aromatic carbocycles. The van der Waals surface area contributed by atoms with Gasteiger partial charge in [-0.25, -0.2) is 4.79 Å². The van der Waals surface area contributed by atoms with Crippen molar-refractivity contribution in [3.8, 4) is 0 Å². The van der Waals surface area contributed by atoms with Crippen molar-refractivity contribution in [3.63, 3.8) is 0 Å². The minimum absolute atomic E-state index is 0.0497. The number of hydrogen-bond acceptors (Lipinski definition) is 4. The van der Waals surface area contributed by atoms with Crippen LogP contribution in [-0.4, -0.2) is 47.9 Å². The van der Waals surface area contributed by atoms with Gasteiger partial charge in [-0.2, -0.15) is 0 Å².